The number of ketones is 1. The zero-order valence-corrected chi connectivity index (χ0v) is 12.4. The Kier molecular flexibility index (Phi) is 6.42. The number of halogens is 1. The van der Waals surface area contributed by atoms with Gasteiger partial charge < -0.3 is 0 Å². The van der Waals surface area contributed by atoms with Gasteiger partial charge in [0.05, 0.1) is 5.02 Å². The number of carbonyl (C=O) groups is 1. The highest BCUT2D eigenvalue weighted by Gasteiger charge is 2.15. The van der Waals surface area contributed by atoms with Crippen LogP contribution in [0.4, 0.5) is 0 Å². The van der Waals surface area contributed by atoms with Crippen molar-refractivity contribution < 1.29 is 4.79 Å². The fourth-order valence-electron chi connectivity index (χ4n) is 2.16. The predicted molar refractivity (Wildman–Crippen MR) is 78.4 cm³/mol. The van der Waals surface area contributed by atoms with E-state index >= 15 is 0 Å². The van der Waals surface area contributed by atoms with E-state index in [0.717, 1.165) is 18.4 Å². The van der Waals surface area contributed by atoms with Gasteiger partial charge in [0.2, 0.25) is 0 Å². The molecule has 0 aliphatic carbocycles. The van der Waals surface area contributed by atoms with Crippen LogP contribution in [0.25, 0.3) is 0 Å². The van der Waals surface area contributed by atoms with E-state index in [1.165, 1.54) is 12.8 Å². The van der Waals surface area contributed by atoms with Crippen molar-refractivity contribution >= 4 is 17.4 Å². The third-order valence-corrected chi connectivity index (χ3v) is 3.76. The molecule has 0 radical (unpaired) electrons. The summed E-state index contributed by atoms with van der Waals surface area (Å²) < 4.78 is 0. The summed E-state index contributed by atoms with van der Waals surface area (Å²) in [7, 11) is 0. The minimum atomic E-state index is 0.183. The van der Waals surface area contributed by atoms with Crippen LogP contribution in [0, 0.1) is 12.8 Å². The summed E-state index contributed by atoms with van der Waals surface area (Å²) in [6.45, 7) is 6.33. The van der Waals surface area contributed by atoms with Crippen molar-refractivity contribution in [1.29, 1.82) is 0 Å². The third kappa shape index (κ3) is 4.45. The Bertz CT molecular complexity index is 398. The van der Waals surface area contributed by atoms with Gasteiger partial charge in [-0.25, -0.2) is 0 Å². The minimum Gasteiger partial charge on any atom is -0.294 e. The van der Waals surface area contributed by atoms with Gasteiger partial charge in [0.1, 0.15) is 0 Å². The predicted octanol–water partition coefficient (Wildman–Crippen LogP) is 5.44. The van der Waals surface area contributed by atoms with Crippen LogP contribution in [0.1, 0.15) is 61.9 Å². The average molecular weight is 267 g/mol. The lowest BCUT2D eigenvalue weighted by atomic mass is 9.91. The van der Waals surface area contributed by atoms with E-state index in [4.69, 9.17) is 11.6 Å². The maximum Gasteiger partial charge on any atom is 0.164 e. The van der Waals surface area contributed by atoms with Gasteiger partial charge in [0.15, 0.2) is 5.78 Å². The largest absolute Gasteiger partial charge is 0.294 e. The first-order valence-corrected chi connectivity index (χ1v) is 7.25. The van der Waals surface area contributed by atoms with Crippen LogP contribution in [0.3, 0.4) is 0 Å². The van der Waals surface area contributed by atoms with E-state index in [1.54, 1.807) is 0 Å². The van der Waals surface area contributed by atoms with Crippen LogP contribution in [0.15, 0.2) is 18.2 Å². The molecule has 0 aliphatic heterocycles. The highest BCUT2D eigenvalue weighted by atomic mass is 35.5. The maximum atomic E-state index is 12.2. The second kappa shape index (κ2) is 7.58. The lowest BCUT2D eigenvalue weighted by Gasteiger charge is -2.14. The molecule has 1 aromatic carbocycles. The number of aryl methyl sites for hydroxylation is 1. The first-order valence-electron chi connectivity index (χ1n) is 6.87. The first-order chi connectivity index (χ1) is 8.58. The second-order valence-corrected chi connectivity index (χ2v) is 5.43. The van der Waals surface area contributed by atoms with Gasteiger partial charge in [-0.2, -0.15) is 0 Å². The molecule has 1 aromatic rings. The van der Waals surface area contributed by atoms with Gasteiger partial charge in [-0.1, -0.05) is 57.2 Å². The minimum absolute atomic E-state index is 0.183. The molecule has 0 saturated heterocycles. The Balaban J connectivity index is 2.68. The smallest absolute Gasteiger partial charge is 0.164 e. The van der Waals surface area contributed by atoms with Gasteiger partial charge in [-0.05, 0) is 30.5 Å². The first kappa shape index (κ1) is 15.2. The van der Waals surface area contributed by atoms with E-state index in [9.17, 15) is 4.79 Å². The number of hydrogen-bond donors (Lipinski definition) is 0. The van der Waals surface area contributed by atoms with Crippen molar-refractivity contribution in [3.63, 3.8) is 0 Å². The second-order valence-electron chi connectivity index (χ2n) is 5.03. The van der Waals surface area contributed by atoms with Crippen LogP contribution in [-0.4, -0.2) is 5.78 Å². The molecule has 0 fully saturated rings. The van der Waals surface area contributed by atoms with Crippen molar-refractivity contribution in [2.24, 2.45) is 5.92 Å². The number of unbranched alkanes of at least 4 members (excludes halogenated alkanes) is 1. The van der Waals surface area contributed by atoms with Gasteiger partial charge in [-0.15, -0.1) is 0 Å². The van der Waals surface area contributed by atoms with Crippen LogP contribution in [-0.2, 0) is 0 Å². The number of carbonyl (C=O) groups excluding carboxylic acids is 1. The van der Waals surface area contributed by atoms with Gasteiger partial charge >= 0.3 is 0 Å². The zero-order valence-electron chi connectivity index (χ0n) is 11.6. The quantitative estimate of drug-likeness (QED) is 0.601. The van der Waals surface area contributed by atoms with E-state index < -0.39 is 0 Å². The van der Waals surface area contributed by atoms with E-state index in [-0.39, 0.29) is 5.78 Å². The van der Waals surface area contributed by atoms with E-state index in [2.05, 4.69) is 13.8 Å². The van der Waals surface area contributed by atoms with Crippen LogP contribution in [0.2, 0.25) is 5.02 Å². The fraction of sp³-hybridized carbons (Fsp3) is 0.562. The van der Waals surface area contributed by atoms with Crippen LogP contribution < -0.4 is 0 Å². The molecule has 0 aromatic heterocycles. The standard InChI is InChI=1S/C16H23ClO/c1-4-6-7-13(5-2)11-16(18)14-9-8-12(3)10-15(14)17/h8-10,13H,4-7,11H2,1-3H3. The summed E-state index contributed by atoms with van der Waals surface area (Å²) in [5.74, 6) is 0.678. The molecule has 2 heteroatoms. The number of benzene rings is 1. The molecule has 18 heavy (non-hydrogen) atoms. The third-order valence-electron chi connectivity index (χ3n) is 3.44. The Morgan fingerprint density at radius 1 is 1.33 bits per heavy atom. The molecule has 0 saturated carbocycles. The lowest BCUT2D eigenvalue weighted by molar-refractivity contribution is 0.0957. The molecule has 1 nitrogen and oxygen atoms in total. The topological polar surface area (TPSA) is 17.1 Å². The molecule has 0 bridgehead atoms. The Labute approximate surface area is 116 Å². The summed E-state index contributed by atoms with van der Waals surface area (Å²) in [6, 6.07) is 5.67. The lowest BCUT2D eigenvalue weighted by Crippen LogP contribution is -2.09. The van der Waals surface area contributed by atoms with Gasteiger partial charge in [0, 0.05) is 12.0 Å². The van der Waals surface area contributed by atoms with Gasteiger partial charge in [0.25, 0.3) is 0 Å². The van der Waals surface area contributed by atoms with Crippen LogP contribution >= 0.6 is 11.6 Å². The normalized spacial score (nSPS) is 12.4. The van der Waals surface area contributed by atoms with Crippen molar-refractivity contribution in [2.45, 2.75) is 52.9 Å². The summed E-state index contributed by atoms with van der Waals surface area (Å²) in [6.07, 6.45) is 5.22. The molecule has 1 atom stereocenters. The van der Waals surface area contributed by atoms with E-state index in [1.807, 2.05) is 25.1 Å². The number of hydrogen-bond acceptors (Lipinski definition) is 1. The van der Waals surface area contributed by atoms with Gasteiger partial charge in [-0.3, -0.25) is 4.79 Å². The van der Waals surface area contributed by atoms with Crippen molar-refractivity contribution in [3.05, 3.63) is 34.3 Å². The Morgan fingerprint density at radius 2 is 2.06 bits per heavy atom. The number of Topliss-reactive ketones (excluding diaryl/α,β-unsaturated/α-hetero) is 1. The Morgan fingerprint density at radius 3 is 2.61 bits per heavy atom. The van der Waals surface area contributed by atoms with Crippen molar-refractivity contribution in [2.75, 3.05) is 0 Å². The summed E-state index contributed by atoms with van der Waals surface area (Å²) in [5, 5.41) is 0.588. The molecule has 100 valence electrons. The molecular weight excluding hydrogens is 244 g/mol. The molecule has 1 rings (SSSR count). The monoisotopic (exact) mass is 266 g/mol. The highest BCUT2D eigenvalue weighted by Crippen LogP contribution is 2.24. The van der Waals surface area contributed by atoms with Crippen LogP contribution in [0.5, 0.6) is 0 Å². The fourth-order valence-corrected chi connectivity index (χ4v) is 2.50. The summed E-state index contributed by atoms with van der Waals surface area (Å²) in [5.41, 5.74) is 1.77. The van der Waals surface area contributed by atoms with E-state index in [0.29, 0.717) is 22.9 Å². The highest BCUT2D eigenvalue weighted by molar-refractivity contribution is 6.34. The summed E-state index contributed by atoms with van der Waals surface area (Å²) >= 11 is 6.13. The molecule has 0 amide bonds. The molecular formula is C16H23ClO. The summed E-state index contributed by atoms with van der Waals surface area (Å²) in [4.78, 5) is 12.2. The zero-order chi connectivity index (χ0) is 13.5. The number of rotatable bonds is 7. The molecule has 0 heterocycles. The molecule has 0 aliphatic rings. The van der Waals surface area contributed by atoms with Crippen molar-refractivity contribution in [1.82, 2.24) is 0 Å². The molecule has 1 unspecified atom stereocenters. The Hall–Kier alpha value is -0.820. The molecule has 0 spiro atoms. The van der Waals surface area contributed by atoms with Crippen molar-refractivity contribution in [3.8, 4) is 0 Å². The maximum absolute atomic E-state index is 12.2. The molecule has 0 N–H and O–H groups in total. The average Bonchev–Trinajstić information content (AvgIpc) is 2.34. The SMILES string of the molecule is CCCCC(CC)CC(=O)c1ccc(C)cc1Cl.